The zero-order valence-corrected chi connectivity index (χ0v) is 12.3. The van der Waals surface area contributed by atoms with Crippen molar-refractivity contribution in [1.29, 1.82) is 0 Å². The maximum Gasteiger partial charge on any atom is 0.0912 e. The van der Waals surface area contributed by atoms with Crippen molar-refractivity contribution < 1.29 is 4.74 Å². The van der Waals surface area contributed by atoms with Crippen molar-refractivity contribution in [2.45, 2.75) is 32.4 Å². The smallest absolute Gasteiger partial charge is 0.0912 e. The van der Waals surface area contributed by atoms with Crippen LogP contribution in [-0.2, 0) is 11.8 Å². The third-order valence-electron chi connectivity index (χ3n) is 3.79. The van der Waals surface area contributed by atoms with Crippen molar-refractivity contribution >= 4 is 0 Å². The fourth-order valence-electron chi connectivity index (χ4n) is 2.64. The lowest BCUT2D eigenvalue weighted by molar-refractivity contribution is -0.0468. The van der Waals surface area contributed by atoms with E-state index in [1.807, 2.05) is 17.9 Å². The first-order valence-corrected chi connectivity index (χ1v) is 7.31. The minimum absolute atomic E-state index is 0.204. The molecule has 1 aromatic rings. The summed E-state index contributed by atoms with van der Waals surface area (Å²) >= 11 is 0. The second-order valence-electron chi connectivity index (χ2n) is 5.11. The number of aromatic nitrogens is 2. The number of morpholine rings is 1. The summed E-state index contributed by atoms with van der Waals surface area (Å²) in [6.07, 6.45) is 3.19. The van der Waals surface area contributed by atoms with Crippen LogP contribution >= 0.6 is 0 Å². The van der Waals surface area contributed by atoms with Crippen LogP contribution in [0.4, 0.5) is 0 Å². The number of ether oxygens (including phenoxy) is 1. The second kappa shape index (κ2) is 7.03. The standard InChI is InChI=1S/C14H26N4O/c1-4-7-15-14(12-6-8-16-17(12)3)13-11-18(5-2)9-10-19-13/h6,8,13-15H,4-5,7,9-11H2,1-3H3. The summed E-state index contributed by atoms with van der Waals surface area (Å²) < 4.78 is 7.95. The van der Waals surface area contributed by atoms with E-state index in [0.717, 1.165) is 39.2 Å². The number of aryl methyl sites for hydroxylation is 1. The molecule has 1 aliphatic rings. The molecule has 1 N–H and O–H groups in total. The fraction of sp³-hybridized carbons (Fsp3) is 0.786. The van der Waals surface area contributed by atoms with Crippen LogP contribution in [0.2, 0.25) is 0 Å². The summed E-state index contributed by atoms with van der Waals surface area (Å²) in [7, 11) is 2.00. The summed E-state index contributed by atoms with van der Waals surface area (Å²) in [5.41, 5.74) is 1.21. The number of nitrogens with one attached hydrogen (secondary N) is 1. The Morgan fingerprint density at radius 1 is 1.53 bits per heavy atom. The zero-order chi connectivity index (χ0) is 13.7. The van der Waals surface area contributed by atoms with Crippen LogP contribution < -0.4 is 5.32 Å². The summed E-state index contributed by atoms with van der Waals surface area (Å²) in [6.45, 7) is 9.34. The number of likely N-dealkylation sites (N-methyl/N-ethyl adjacent to an activating group) is 1. The molecule has 0 saturated carbocycles. The molecule has 0 bridgehead atoms. The van der Waals surface area contributed by atoms with E-state index in [-0.39, 0.29) is 12.1 Å². The van der Waals surface area contributed by atoms with E-state index >= 15 is 0 Å². The predicted octanol–water partition coefficient (Wildman–Crippen LogP) is 1.18. The van der Waals surface area contributed by atoms with Crippen molar-refractivity contribution in [2.24, 2.45) is 7.05 Å². The van der Waals surface area contributed by atoms with E-state index in [1.54, 1.807) is 0 Å². The molecule has 0 amide bonds. The number of hydrogen-bond acceptors (Lipinski definition) is 4. The third-order valence-corrected chi connectivity index (χ3v) is 3.79. The Labute approximate surface area is 115 Å². The molecule has 1 fully saturated rings. The highest BCUT2D eigenvalue weighted by atomic mass is 16.5. The lowest BCUT2D eigenvalue weighted by atomic mass is 10.1. The molecule has 2 rings (SSSR count). The third kappa shape index (κ3) is 3.55. The van der Waals surface area contributed by atoms with Crippen molar-refractivity contribution in [2.75, 3.05) is 32.8 Å². The van der Waals surface area contributed by atoms with Gasteiger partial charge in [-0.2, -0.15) is 5.10 Å². The van der Waals surface area contributed by atoms with E-state index in [1.165, 1.54) is 5.69 Å². The molecule has 0 aromatic carbocycles. The average molecular weight is 266 g/mol. The van der Waals surface area contributed by atoms with Gasteiger partial charge in [-0.1, -0.05) is 13.8 Å². The number of hydrogen-bond donors (Lipinski definition) is 1. The van der Waals surface area contributed by atoms with Crippen LogP contribution in [-0.4, -0.2) is 53.6 Å². The van der Waals surface area contributed by atoms with Gasteiger partial charge in [0, 0.05) is 26.3 Å². The summed E-state index contributed by atoms with van der Waals surface area (Å²) in [6, 6.07) is 2.31. The van der Waals surface area contributed by atoms with E-state index in [9.17, 15) is 0 Å². The molecule has 19 heavy (non-hydrogen) atoms. The summed E-state index contributed by atoms with van der Waals surface area (Å²) in [5, 5.41) is 7.90. The molecule has 108 valence electrons. The monoisotopic (exact) mass is 266 g/mol. The Balaban J connectivity index is 2.10. The SMILES string of the molecule is CCCNC(c1ccnn1C)C1CN(CC)CCO1. The molecule has 0 radical (unpaired) electrons. The summed E-state index contributed by atoms with van der Waals surface area (Å²) in [4.78, 5) is 2.45. The molecule has 2 heterocycles. The van der Waals surface area contributed by atoms with Crippen LogP contribution in [0, 0.1) is 0 Å². The highest BCUT2D eigenvalue weighted by molar-refractivity contribution is 5.09. The largest absolute Gasteiger partial charge is 0.374 e. The van der Waals surface area contributed by atoms with E-state index in [0.29, 0.717) is 0 Å². The van der Waals surface area contributed by atoms with Crippen LogP contribution in [0.5, 0.6) is 0 Å². The summed E-state index contributed by atoms with van der Waals surface area (Å²) in [5.74, 6) is 0. The number of nitrogens with zero attached hydrogens (tertiary/aromatic N) is 3. The van der Waals surface area contributed by atoms with Gasteiger partial charge in [-0.3, -0.25) is 9.58 Å². The minimum Gasteiger partial charge on any atom is -0.374 e. The topological polar surface area (TPSA) is 42.3 Å². The van der Waals surface area contributed by atoms with Crippen LogP contribution in [0.15, 0.2) is 12.3 Å². The van der Waals surface area contributed by atoms with Crippen molar-refractivity contribution in [1.82, 2.24) is 20.0 Å². The second-order valence-corrected chi connectivity index (χ2v) is 5.11. The Hall–Kier alpha value is -0.910. The zero-order valence-electron chi connectivity index (χ0n) is 12.3. The quantitative estimate of drug-likeness (QED) is 0.839. The maximum atomic E-state index is 6.00. The van der Waals surface area contributed by atoms with Gasteiger partial charge in [0.15, 0.2) is 0 Å². The molecule has 0 aliphatic carbocycles. The molecule has 5 nitrogen and oxygen atoms in total. The van der Waals surface area contributed by atoms with Crippen molar-refractivity contribution in [3.63, 3.8) is 0 Å². The van der Waals surface area contributed by atoms with Crippen molar-refractivity contribution in [3.05, 3.63) is 18.0 Å². The van der Waals surface area contributed by atoms with Gasteiger partial charge < -0.3 is 10.1 Å². The average Bonchev–Trinajstić information content (AvgIpc) is 2.86. The molecule has 2 atom stereocenters. The molecule has 1 aliphatic heterocycles. The molecule has 0 spiro atoms. The first-order valence-electron chi connectivity index (χ1n) is 7.31. The van der Waals surface area contributed by atoms with E-state index in [2.05, 4.69) is 35.2 Å². The molecule has 1 aromatic heterocycles. The van der Waals surface area contributed by atoms with Gasteiger partial charge >= 0.3 is 0 Å². The van der Waals surface area contributed by atoms with Gasteiger partial charge in [0.05, 0.1) is 24.4 Å². The Morgan fingerprint density at radius 3 is 3.00 bits per heavy atom. The highest BCUT2D eigenvalue weighted by Crippen LogP contribution is 2.22. The fourth-order valence-corrected chi connectivity index (χ4v) is 2.64. The van der Waals surface area contributed by atoms with Gasteiger partial charge in [-0.05, 0) is 25.6 Å². The molecular formula is C14H26N4O. The van der Waals surface area contributed by atoms with Gasteiger partial charge in [-0.15, -0.1) is 0 Å². The van der Waals surface area contributed by atoms with E-state index in [4.69, 9.17) is 4.74 Å². The van der Waals surface area contributed by atoms with Crippen LogP contribution in [0.1, 0.15) is 32.0 Å². The maximum absolute atomic E-state index is 6.00. The predicted molar refractivity (Wildman–Crippen MR) is 76.1 cm³/mol. The van der Waals surface area contributed by atoms with Gasteiger partial charge in [0.2, 0.25) is 0 Å². The first-order chi connectivity index (χ1) is 9.26. The molecular weight excluding hydrogens is 240 g/mol. The van der Waals surface area contributed by atoms with Crippen LogP contribution in [0.3, 0.4) is 0 Å². The number of rotatable bonds is 6. The van der Waals surface area contributed by atoms with Gasteiger partial charge in [0.25, 0.3) is 0 Å². The lowest BCUT2D eigenvalue weighted by Gasteiger charge is -2.37. The first kappa shape index (κ1) is 14.5. The molecule has 2 unspecified atom stereocenters. The van der Waals surface area contributed by atoms with Crippen LogP contribution in [0.25, 0.3) is 0 Å². The molecule has 5 heteroatoms. The minimum atomic E-state index is 0.204. The Bertz CT molecular complexity index is 379. The van der Waals surface area contributed by atoms with E-state index < -0.39 is 0 Å². The van der Waals surface area contributed by atoms with Gasteiger partial charge in [-0.25, -0.2) is 0 Å². The Morgan fingerprint density at radius 2 is 2.37 bits per heavy atom. The highest BCUT2D eigenvalue weighted by Gasteiger charge is 2.29. The molecule has 1 saturated heterocycles. The Kier molecular flexibility index (Phi) is 5.36. The van der Waals surface area contributed by atoms with Gasteiger partial charge in [0.1, 0.15) is 0 Å². The normalized spacial score (nSPS) is 22.6. The van der Waals surface area contributed by atoms with Crippen molar-refractivity contribution in [3.8, 4) is 0 Å². The lowest BCUT2D eigenvalue weighted by Crippen LogP contribution is -2.48.